The molecule has 7 heteroatoms. The summed E-state index contributed by atoms with van der Waals surface area (Å²) in [7, 11) is -1.99. The summed E-state index contributed by atoms with van der Waals surface area (Å²) in [5.74, 6) is -0.254. The van der Waals surface area contributed by atoms with Crippen LogP contribution in [0.4, 0.5) is 5.69 Å². The van der Waals surface area contributed by atoms with E-state index in [9.17, 15) is 13.2 Å². The highest BCUT2D eigenvalue weighted by atomic mass is 32.2. The van der Waals surface area contributed by atoms with Gasteiger partial charge in [0.25, 0.3) is 5.91 Å². The number of sulfonamides is 1. The van der Waals surface area contributed by atoms with Gasteiger partial charge in [0.2, 0.25) is 10.0 Å². The van der Waals surface area contributed by atoms with Gasteiger partial charge in [-0.1, -0.05) is 36.4 Å². The van der Waals surface area contributed by atoms with Crippen molar-refractivity contribution in [3.05, 3.63) is 94.2 Å². The number of rotatable bonds is 4. The highest BCUT2D eigenvalue weighted by molar-refractivity contribution is 7.89. The van der Waals surface area contributed by atoms with Crippen molar-refractivity contribution in [2.24, 2.45) is 0 Å². The Hall–Kier alpha value is -3.00. The molecule has 1 aromatic heterocycles. The van der Waals surface area contributed by atoms with Gasteiger partial charge in [-0.05, 0) is 64.5 Å². The minimum Gasteiger partial charge on any atom is -0.311 e. The van der Waals surface area contributed by atoms with Crippen LogP contribution in [0.3, 0.4) is 0 Å². The molecule has 0 aliphatic carbocycles. The van der Waals surface area contributed by atoms with Crippen LogP contribution in [0.15, 0.2) is 83.1 Å². The van der Waals surface area contributed by atoms with Crippen LogP contribution < -0.4 is 4.90 Å². The number of hydrogen-bond acceptors (Lipinski definition) is 4. The van der Waals surface area contributed by atoms with Crippen LogP contribution >= 0.6 is 11.3 Å². The number of hydrogen-bond donors (Lipinski definition) is 0. The highest BCUT2D eigenvalue weighted by Crippen LogP contribution is 2.29. The van der Waals surface area contributed by atoms with Gasteiger partial charge in [0.05, 0.1) is 4.90 Å². The lowest BCUT2D eigenvalue weighted by molar-refractivity contribution is 0.0993. The molecule has 0 fully saturated rings. The average Bonchev–Trinajstić information content (AvgIpc) is 3.31. The molecule has 162 valence electrons. The van der Waals surface area contributed by atoms with Crippen molar-refractivity contribution in [1.82, 2.24) is 4.31 Å². The van der Waals surface area contributed by atoms with E-state index in [1.807, 2.05) is 53.9 Å². The highest BCUT2D eigenvalue weighted by Gasteiger charge is 2.29. The number of benzene rings is 3. The SMILES string of the molecule is CN(C(=O)c1cccc(S(=O)(=O)N2CCc3sccc3C2)c1)c1ccc2ccccc2c1. The van der Waals surface area contributed by atoms with E-state index in [0.29, 0.717) is 18.7 Å². The summed E-state index contributed by atoms with van der Waals surface area (Å²) in [6.07, 6.45) is 0.718. The van der Waals surface area contributed by atoms with Gasteiger partial charge in [0, 0.05) is 36.3 Å². The predicted octanol–water partition coefficient (Wildman–Crippen LogP) is 4.92. The zero-order valence-electron chi connectivity index (χ0n) is 17.6. The second-order valence-electron chi connectivity index (χ2n) is 7.88. The maximum absolute atomic E-state index is 13.3. The standard InChI is InChI=1S/C25H22N2O3S2/c1-26(22-10-9-18-5-2-3-6-19(18)15-22)25(28)20-7-4-8-23(16-20)32(29,30)27-13-11-24-21(17-27)12-14-31-24/h2-10,12,14-16H,11,13,17H2,1H3. The van der Waals surface area contributed by atoms with E-state index in [2.05, 4.69) is 0 Å². The van der Waals surface area contributed by atoms with Crippen LogP contribution in [-0.2, 0) is 23.0 Å². The molecule has 0 unspecified atom stereocenters. The minimum atomic E-state index is -3.69. The molecule has 32 heavy (non-hydrogen) atoms. The van der Waals surface area contributed by atoms with Crippen molar-refractivity contribution in [3.8, 4) is 0 Å². The molecule has 0 atom stereocenters. The molecule has 5 rings (SSSR count). The minimum absolute atomic E-state index is 0.147. The zero-order chi connectivity index (χ0) is 22.3. The predicted molar refractivity (Wildman–Crippen MR) is 129 cm³/mol. The lowest BCUT2D eigenvalue weighted by Gasteiger charge is -2.26. The third kappa shape index (κ3) is 3.72. The molecule has 0 saturated heterocycles. The van der Waals surface area contributed by atoms with Crippen LogP contribution in [0.1, 0.15) is 20.8 Å². The summed E-state index contributed by atoms with van der Waals surface area (Å²) in [6.45, 7) is 0.821. The number of carbonyl (C=O) groups excluding carboxylic acids is 1. The maximum atomic E-state index is 13.3. The fourth-order valence-electron chi connectivity index (χ4n) is 4.06. The molecule has 4 aromatic rings. The van der Waals surface area contributed by atoms with Gasteiger partial charge in [-0.2, -0.15) is 4.31 Å². The number of nitrogens with zero attached hydrogens (tertiary/aromatic N) is 2. The Morgan fingerprint density at radius 1 is 0.969 bits per heavy atom. The van der Waals surface area contributed by atoms with E-state index in [-0.39, 0.29) is 10.8 Å². The molecule has 0 N–H and O–H groups in total. The molecular weight excluding hydrogens is 440 g/mol. The van der Waals surface area contributed by atoms with Crippen molar-refractivity contribution >= 4 is 43.7 Å². The smallest absolute Gasteiger partial charge is 0.258 e. The first-order valence-corrected chi connectivity index (χ1v) is 12.7. The first-order chi connectivity index (χ1) is 15.4. The number of fused-ring (bicyclic) bond motifs is 2. The Bertz CT molecular complexity index is 1430. The summed E-state index contributed by atoms with van der Waals surface area (Å²) in [6, 6.07) is 22.1. The van der Waals surface area contributed by atoms with E-state index in [1.54, 1.807) is 41.5 Å². The second-order valence-corrected chi connectivity index (χ2v) is 10.8. The van der Waals surface area contributed by atoms with Gasteiger partial charge < -0.3 is 4.90 Å². The first kappa shape index (κ1) is 20.9. The van der Waals surface area contributed by atoms with Gasteiger partial charge in [0.1, 0.15) is 0 Å². The van der Waals surface area contributed by atoms with Gasteiger partial charge in [-0.15, -0.1) is 11.3 Å². The zero-order valence-corrected chi connectivity index (χ0v) is 19.2. The molecule has 1 amide bonds. The summed E-state index contributed by atoms with van der Waals surface area (Å²) < 4.78 is 28.1. The normalized spacial score (nSPS) is 14.3. The third-order valence-electron chi connectivity index (χ3n) is 5.92. The van der Waals surface area contributed by atoms with Gasteiger partial charge in [0.15, 0.2) is 0 Å². The molecule has 2 heterocycles. The van der Waals surface area contributed by atoms with E-state index in [1.165, 1.54) is 15.2 Å². The van der Waals surface area contributed by atoms with E-state index in [4.69, 9.17) is 0 Å². The van der Waals surface area contributed by atoms with Crippen molar-refractivity contribution in [2.75, 3.05) is 18.5 Å². The molecule has 0 radical (unpaired) electrons. The lowest BCUT2D eigenvalue weighted by Crippen LogP contribution is -2.35. The van der Waals surface area contributed by atoms with Crippen LogP contribution in [0.5, 0.6) is 0 Å². The van der Waals surface area contributed by atoms with E-state index in [0.717, 1.165) is 28.4 Å². The molecule has 1 aliphatic rings. The molecule has 0 saturated carbocycles. The monoisotopic (exact) mass is 462 g/mol. The fourth-order valence-corrected chi connectivity index (χ4v) is 6.42. The number of thiophene rings is 1. The molecule has 3 aromatic carbocycles. The number of anilines is 1. The summed E-state index contributed by atoms with van der Waals surface area (Å²) >= 11 is 1.67. The molecule has 0 bridgehead atoms. The lowest BCUT2D eigenvalue weighted by atomic mass is 10.1. The van der Waals surface area contributed by atoms with Crippen molar-refractivity contribution < 1.29 is 13.2 Å². The average molecular weight is 463 g/mol. The largest absolute Gasteiger partial charge is 0.311 e. The quantitative estimate of drug-likeness (QED) is 0.432. The maximum Gasteiger partial charge on any atom is 0.258 e. The Morgan fingerprint density at radius 2 is 1.78 bits per heavy atom. The Morgan fingerprint density at radius 3 is 2.62 bits per heavy atom. The fraction of sp³-hybridized carbons (Fsp3) is 0.160. The van der Waals surface area contributed by atoms with Gasteiger partial charge in [-0.3, -0.25) is 4.79 Å². The van der Waals surface area contributed by atoms with Crippen molar-refractivity contribution in [2.45, 2.75) is 17.9 Å². The van der Waals surface area contributed by atoms with Crippen LogP contribution in [0.25, 0.3) is 10.8 Å². The molecule has 5 nitrogen and oxygen atoms in total. The second kappa shape index (κ2) is 8.16. The Labute approximate surface area is 191 Å². The first-order valence-electron chi connectivity index (χ1n) is 10.4. The number of amides is 1. The van der Waals surface area contributed by atoms with E-state index >= 15 is 0 Å². The summed E-state index contributed by atoms with van der Waals surface area (Å²) in [4.78, 5) is 16.1. The van der Waals surface area contributed by atoms with Crippen molar-refractivity contribution in [1.29, 1.82) is 0 Å². The number of carbonyl (C=O) groups is 1. The van der Waals surface area contributed by atoms with Gasteiger partial charge >= 0.3 is 0 Å². The van der Waals surface area contributed by atoms with Crippen LogP contribution in [0.2, 0.25) is 0 Å². The van der Waals surface area contributed by atoms with Crippen molar-refractivity contribution in [3.63, 3.8) is 0 Å². The third-order valence-corrected chi connectivity index (χ3v) is 8.78. The summed E-state index contributed by atoms with van der Waals surface area (Å²) in [5.41, 5.74) is 2.16. The Kier molecular flexibility index (Phi) is 5.33. The molecule has 1 aliphatic heterocycles. The van der Waals surface area contributed by atoms with E-state index < -0.39 is 10.0 Å². The van der Waals surface area contributed by atoms with Gasteiger partial charge in [-0.25, -0.2) is 8.42 Å². The van der Waals surface area contributed by atoms with Crippen LogP contribution in [-0.4, -0.2) is 32.2 Å². The molecular formula is C25H22N2O3S2. The Balaban J connectivity index is 1.42. The van der Waals surface area contributed by atoms with Crippen LogP contribution in [0, 0.1) is 0 Å². The molecule has 0 spiro atoms. The summed E-state index contributed by atoms with van der Waals surface area (Å²) in [5, 5.41) is 4.14. The topological polar surface area (TPSA) is 57.7 Å².